The van der Waals surface area contributed by atoms with Crippen LogP contribution in [0.25, 0.3) is 5.65 Å². The molecule has 0 aliphatic heterocycles. The molecule has 0 unspecified atom stereocenters. The van der Waals surface area contributed by atoms with Crippen LogP contribution in [0.2, 0.25) is 10.0 Å². The van der Waals surface area contributed by atoms with Crippen LogP contribution in [0.1, 0.15) is 34.5 Å². The van der Waals surface area contributed by atoms with Gasteiger partial charge in [0, 0.05) is 43.8 Å². The predicted molar refractivity (Wildman–Crippen MR) is 107 cm³/mol. The molecule has 0 radical (unpaired) electrons. The summed E-state index contributed by atoms with van der Waals surface area (Å²) in [5, 5.41) is 3.83. The Morgan fingerprint density at radius 2 is 1.85 bits per heavy atom. The number of fused-ring (bicyclic) bond motifs is 1. The summed E-state index contributed by atoms with van der Waals surface area (Å²) in [7, 11) is 0. The van der Waals surface area contributed by atoms with Gasteiger partial charge in [0.1, 0.15) is 0 Å². The van der Waals surface area contributed by atoms with Gasteiger partial charge in [0.25, 0.3) is 0 Å². The summed E-state index contributed by atoms with van der Waals surface area (Å²) >= 11 is 12.1. The largest absolute Gasteiger partial charge is 0.356 e. The van der Waals surface area contributed by atoms with Gasteiger partial charge in [-0.15, -0.1) is 0 Å². The van der Waals surface area contributed by atoms with E-state index in [1.807, 2.05) is 25.3 Å². The summed E-state index contributed by atoms with van der Waals surface area (Å²) in [6.45, 7) is 2.40. The van der Waals surface area contributed by atoms with Crippen molar-refractivity contribution in [1.29, 1.82) is 0 Å². The monoisotopic (exact) mass is 403 g/mol. The van der Waals surface area contributed by atoms with Crippen LogP contribution in [0.5, 0.6) is 0 Å². The van der Waals surface area contributed by atoms with Crippen molar-refractivity contribution >= 4 is 40.5 Å². The summed E-state index contributed by atoms with van der Waals surface area (Å²) in [6.07, 6.45) is 4.48. The normalized spacial score (nSPS) is 10.9. The Hall–Kier alpha value is -2.37. The summed E-state index contributed by atoms with van der Waals surface area (Å²) in [5.74, 6) is -0.183. The third kappa shape index (κ3) is 5.08. The number of aromatic nitrogens is 2. The van der Waals surface area contributed by atoms with Crippen molar-refractivity contribution in [3.05, 3.63) is 69.6 Å². The highest BCUT2D eigenvalue weighted by atomic mass is 35.5. The number of aryl methyl sites for hydroxylation is 1. The van der Waals surface area contributed by atoms with Gasteiger partial charge in [-0.25, -0.2) is 4.98 Å². The maximum atomic E-state index is 12.1. The predicted octanol–water partition coefficient (Wildman–Crippen LogP) is 4.27. The highest BCUT2D eigenvalue weighted by Crippen LogP contribution is 2.21. The summed E-state index contributed by atoms with van der Waals surface area (Å²) < 4.78 is 1.77. The molecule has 0 aliphatic rings. The molecule has 140 valence electrons. The topological polar surface area (TPSA) is 63.5 Å². The van der Waals surface area contributed by atoms with Crippen molar-refractivity contribution < 1.29 is 9.59 Å². The fraction of sp³-hybridized carbons (Fsp3) is 0.250. The Morgan fingerprint density at radius 1 is 1.11 bits per heavy atom. The lowest BCUT2D eigenvalue weighted by molar-refractivity contribution is -0.121. The minimum atomic E-state index is -0.152. The molecule has 0 bridgehead atoms. The first kappa shape index (κ1) is 19.4. The maximum Gasteiger partial charge on any atom is 0.220 e. The third-order valence-corrected chi connectivity index (χ3v) is 4.66. The molecular formula is C20H19Cl2N3O2. The molecule has 7 heteroatoms. The molecule has 0 spiro atoms. The molecule has 0 saturated heterocycles. The molecule has 2 heterocycles. The Balaban J connectivity index is 1.46. The fourth-order valence-electron chi connectivity index (χ4n) is 2.72. The SMILES string of the molecule is Cc1ccc(C(=O)CCC(=O)NCCc2cn3cc(Cl)cc(Cl)c3n2)cc1. The zero-order chi connectivity index (χ0) is 19.4. The minimum absolute atomic E-state index is 0.0305. The van der Waals surface area contributed by atoms with E-state index in [4.69, 9.17) is 23.2 Å². The number of pyridine rings is 1. The summed E-state index contributed by atoms with van der Waals surface area (Å²) in [4.78, 5) is 28.5. The van der Waals surface area contributed by atoms with Crippen LogP contribution in [-0.2, 0) is 11.2 Å². The van der Waals surface area contributed by atoms with Crippen molar-refractivity contribution in [2.75, 3.05) is 6.54 Å². The number of carbonyl (C=O) groups excluding carboxylic acids is 2. The average Bonchev–Trinajstić information content (AvgIpc) is 3.03. The number of hydrogen-bond donors (Lipinski definition) is 1. The van der Waals surface area contributed by atoms with Gasteiger partial charge in [-0.3, -0.25) is 9.59 Å². The van der Waals surface area contributed by atoms with E-state index in [2.05, 4.69) is 10.3 Å². The number of nitrogens with one attached hydrogen (secondary N) is 1. The Bertz CT molecular complexity index is 981. The van der Waals surface area contributed by atoms with Crippen molar-refractivity contribution in [2.24, 2.45) is 0 Å². The van der Waals surface area contributed by atoms with Crippen molar-refractivity contribution in [2.45, 2.75) is 26.2 Å². The van der Waals surface area contributed by atoms with Gasteiger partial charge < -0.3 is 9.72 Å². The highest BCUT2D eigenvalue weighted by molar-refractivity contribution is 6.36. The van der Waals surface area contributed by atoms with E-state index in [0.717, 1.165) is 11.3 Å². The number of nitrogens with zero attached hydrogens (tertiary/aromatic N) is 2. The molecule has 0 fully saturated rings. The smallest absolute Gasteiger partial charge is 0.220 e. The number of amides is 1. The lowest BCUT2D eigenvalue weighted by atomic mass is 10.1. The van der Waals surface area contributed by atoms with Gasteiger partial charge in [-0.2, -0.15) is 0 Å². The lowest BCUT2D eigenvalue weighted by Gasteiger charge is -2.04. The molecule has 3 aromatic rings. The minimum Gasteiger partial charge on any atom is -0.356 e. The number of hydrogen-bond acceptors (Lipinski definition) is 3. The first-order valence-corrected chi connectivity index (χ1v) is 9.37. The molecule has 2 aromatic heterocycles. The van der Waals surface area contributed by atoms with Crippen LogP contribution in [0.4, 0.5) is 0 Å². The highest BCUT2D eigenvalue weighted by Gasteiger charge is 2.10. The Labute approximate surface area is 167 Å². The quantitative estimate of drug-likeness (QED) is 0.599. The van der Waals surface area contributed by atoms with Crippen LogP contribution in [0, 0.1) is 6.92 Å². The second-order valence-corrected chi connectivity index (χ2v) is 7.20. The molecule has 0 saturated carbocycles. The van der Waals surface area contributed by atoms with Crippen molar-refractivity contribution in [1.82, 2.24) is 14.7 Å². The second-order valence-electron chi connectivity index (χ2n) is 6.36. The molecule has 27 heavy (non-hydrogen) atoms. The number of imidazole rings is 1. The van der Waals surface area contributed by atoms with Gasteiger partial charge in [0.05, 0.1) is 15.7 Å². The van der Waals surface area contributed by atoms with Crippen LogP contribution in [0.3, 0.4) is 0 Å². The van der Waals surface area contributed by atoms with Gasteiger partial charge >= 0.3 is 0 Å². The first-order valence-electron chi connectivity index (χ1n) is 8.61. The van der Waals surface area contributed by atoms with Gasteiger partial charge in [0.2, 0.25) is 5.91 Å². The van der Waals surface area contributed by atoms with Crippen LogP contribution in [-0.4, -0.2) is 27.6 Å². The Kier molecular flexibility index (Phi) is 6.14. The molecule has 3 rings (SSSR count). The summed E-state index contributed by atoms with van der Waals surface area (Å²) in [6, 6.07) is 9.00. The number of Topliss-reactive ketones (excluding diaryl/α,β-unsaturated/α-hetero) is 1. The average molecular weight is 404 g/mol. The van der Waals surface area contributed by atoms with Crippen molar-refractivity contribution in [3.63, 3.8) is 0 Å². The van der Waals surface area contributed by atoms with Gasteiger partial charge in [-0.05, 0) is 13.0 Å². The molecular weight excluding hydrogens is 385 g/mol. The fourth-order valence-corrected chi connectivity index (χ4v) is 3.25. The van der Waals surface area contributed by atoms with Crippen LogP contribution < -0.4 is 5.32 Å². The van der Waals surface area contributed by atoms with E-state index in [1.165, 1.54) is 0 Å². The zero-order valence-corrected chi connectivity index (χ0v) is 16.3. The standard InChI is InChI=1S/C20H19Cl2N3O2/c1-13-2-4-14(5-3-13)18(26)6-7-19(27)23-9-8-16-12-25-11-15(21)10-17(22)20(25)24-16/h2-5,10-12H,6-9H2,1H3,(H,23,27). The number of carbonyl (C=O) groups is 2. The van der Waals surface area contributed by atoms with E-state index < -0.39 is 0 Å². The first-order chi connectivity index (χ1) is 12.9. The maximum absolute atomic E-state index is 12.1. The third-order valence-electron chi connectivity index (χ3n) is 4.18. The zero-order valence-electron chi connectivity index (χ0n) is 14.8. The van der Waals surface area contributed by atoms with Crippen molar-refractivity contribution in [3.8, 4) is 0 Å². The number of halogens is 2. The van der Waals surface area contributed by atoms with Gasteiger partial charge in [0.15, 0.2) is 11.4 Å². The second kappa shape index (κ2) is 8.55. The molecule has 1 amide bonds. The molecule has 5 nitrogen and oxygen atoms in total. The van der Waals surface area contributed by atoms with E-state index in [-0.39, 0.29) is 24.5 Å². The molecule has 0 atom stereocenters. The summed E-state index contributed by atoms with van der Waals surface area (Å²) in [5.41, 5.74) is 3.16. The van der Waals surface area contributed by atoms with E-state index >= 15 is 0 Å². The van der Waals surface area contributed by atoms with E-state index in [0.29, 0.717) is 34.2 Å². The molecule has 0 aliphatic carbocycles. The molecule has 1 aromatic carbocycles. The van der Waals surface area contributed by atoms with Crippen LogP contribution in [0.15, 0.2) is 42.7 Å². The number of rotatable bonds is 7. The van der Waals surface area contributed by atoms with E-state index in [1.54, 1.807) is 28.8 Å². The lowest BCUT2D eigenvalue weighted by Crippen LogP contribution is -2.26. The number of benzene rings is 1. The molecule has 1 N–H and O–H groups in total. The Morgan fingerprint density at radius 3 is 2.59 bits per heavy atom. The van der Waals surface area contributed by atoms with E-state index in [9.17, 15) is 9.59 Å². The van der Waals surface area contributed by atoms with Gasteiger partial charge in [-0.1, -0.05) is 53.0 Å². The number of ketones is 1. The van der Waals surface area contributed by atoms with Crippen LogP contribution >= 0.6 is 23.2 Å².